The van der Waals surface area contributed by atoms with Crippen molar-refractivity contribution in [3.63, 3.8) is 0 Å². The highest BCUT2D eigenvalue weighted by Gasteiger charge is 2.90. The third-order valence-electron chi connectivity index (χ3n) is 7.64. The zero-order chi connectivity index (χ0) is 56.5. The van der Waals surface area contributed by atoms with E-state index in [1.807, 2.05) is 0 Å². The fourth-order valence-electron chi connectivity index (χ4n) is 3.92. The fourth-order valence-corrected chi connectivity index (χ4v) is 3.92. The lowest BCUT2D eigenvalue weighted by atomic mass is 10.1. The second kappa shape index (κ2) is 20.3. The second-order valence-electron chi connectivity index (χ2n) is 12.7. The molecule has 410 valence electrons. The number of carbonyl (C=O) groups is 4. The van der Waals surface area contributed by atoms with Crippen molar-refractivity contribution >= 4 is 23.9 Å². The lowest BCUT2D eigenvalue weighted by molar-refractivity contribution is -0.590. The van der Waals surface area contributed by atoms with Crippen LogP contribution in [0, 0.1) is 0 Å². The monoisotopic (exact) mass is 1110 g/mol. The first-order valence-corrected chi connectivity index (χ1v) is 16.7. The number of esters is 4. The van der Waals surface area contributed by atoms with E-state index in [9.17, 15) is 142 Å². The summed E-state index contributed by atoms with van der Waals surface area (Å²) in [6, 6.07) is 3.44. The van der Waals surface area contributed by atoms with E-state index in [0.717, 1.165) is 27.7 Å². The van der Waals surface area contributed by atoms with E-state index >= 15 is 0 Å². The summed E-state index contributed by atoms with van der Waals surface area (Å²) in [5.41, 5.74) is -8.64. The normalized spacial score (nSPS) is 18.1. The zero-order valence-electron chi connectivity index (χ0n) is 32.9. The molecule has 0 aliphatic carbocycles. The van der Waals surface area contributed by atoms with Crippen LogP contribution < -0.4 is 0 Å². The predicted molar refractivity (Wildman–Crippen MR) is 158 cm³/mol. The van der Waals surface area contributed by atoms with Gasteiger partial charge in [-0.3, -0.25) is 18.9 Å². The molecule has 0 radical (unpaired) electrons. The molecular weight excluding hydrogens is 1100 g/mol. The van der Waals surface area contributed by atoms with Crippen LogP contribution in [0.4, 0.5) is 123 Å². The SMILES string of the molecule is C=CC(=O)OCCOC(=O)c1ccccc1C(=O)OCCOC(=O)C(F)(OC(F)(F)C(F)(OC(F)(F)C(F)(OC(F)(F)C(F)(OC(F)(F)C(C)(F)C(F)(F)F)C(F)(F)F)C(F)(F)F)C(F)(F)F)C(F)(F)F. The molecule has 0 N–H and O–H groups in total. The van der Waals surface area contributed by atoms with Crippen molar-refractivity contribution < 1.29 is 180 Å². The highest BCUT2D eigenvalue weighted by Crippen LogP contribution is 2.61. The number of ether oxygens (including phenoxy) is 8. The molecule has 0 spiro atoms. The van der Waals surface area contributed by atoms with Gasteiger partial charge >= 0.3 is 103 Å². The Hall–Kier alpha value is -5.28. The molecule has 0 aliphatic rings. The molecule has 0 fully saturated rings. The van der Waals surface area contributed by atoms with Crippen molar-refractivity contribution in [1.29, 1.82) is 0 Å². The summed E-state index contributed by atoms with van der Waals surface area (Å²) in [6.07, 6.45) is -76.0. The third kappa shape index (κ3) is 12.9. The lowest BCUT2D eigenvalue weighted by Gasteiger charge is -2.44. The molecule has 1 rings (SSSR count). The molecule has 12 nitrogen and oxygen atoms in total. The number of halogens is 28. The molecule has 0 saturated heterocycles. The molecule has 0 aromatic heterocycles. The highest BCUT2D eigenvalue weighted by atomic mass is 19.4. The largest absolute Gasteiger partial charge is 0.460 e. The first-order chi connectivity index (χ1) is 31.2. The average molecular weight is 1110 g/mol. The average Bonchev–Trinajstić information content (AvgIpc) is 3.17. The zero-order valence-corrected chi connectivity index (χ0v) is 32.9. The summed E-state index contributed by atoms with van der Waals surface area (Å²) in [5, 5.41) is 0. The van der Waals surface area contributed by atoms with E-state index in [2.05, 4.69) is 25.5 Å². The Kier molecular flexibility index (Phi) is 18.2. The molecule has 1 aromatic carbocycles. The number of hydrogen-bond donors (Lipinski definition) is 0. The summed E-state index contributed by atoms with van der Waals surface area (Å²) in [6.45, 7) is -4.05. The van der Waals surface area contributed by atoms with Gasteiger partial charge in [0, 0.05) is 6.08 Å². The van der Waals surface area contributed by atoms with E-state index in [1.165, 1.54) is 4.74 Å². The van der Waals surface area contributed by atoms with E-state index in [4.69, 9.17) is 0 Å². The molecule has 5 unspecified atom stereocenters. The van der Waals surface area contributed by atoms with Gasteiger partial charge in [-0.2, -0.15) is 119 Å². The molecule has 0 aliphatic heterocycles. The van der Waals surface area contributed by atoms with E-state index in [-0.39, 0.29) is 0 Å². The van der Waals surface area contributed by atoms with Crippen LogP contribution in [0.3, 0.4) is 0 Å². The molecule has 40 heteroatoms. The van der Waals surface area contributed by atoms with Crippen LogP contribution >= 0.6 is 0 Å². The van der Waals surface area contributed by atoms with Crippen LogP contribution in [0.2, 0.25) is 0 Å². The Balaban J connectivity index is 3.68. The van der Waals surface area contributed by atoms with Gasteiger partial charge in [-0.05, 0) is 19.1 Å². The maximum atomic E-state index is 15.0. The molecule has 1 aromatic rings. The van der Waals surface area contributed by atoms with Crippen LogP contribution in [0.1, 0.15) is 27.6 Å². The third-order valence-corrected chi connectivity index (χ3v) is 7.64. The van der Waals surface area contributed by atoms with Crippen LogP contribution in [0.5, 0.6) is 0 Å². The number of benzene rings is 1. The minimum atomic E-state index is -9.26. The standard InChI is InChI=1S/C31H18F28O12/c1-3-14(60)64-8-9-65-15(61)12-6-4-5-7-13(12)16(62)66-10-11-67-17(63)19(33,24(40,41)42)68-29(54,55)20(34,25(43,44)45)70-31(58,59)22(36,27(49,50)51)71-30(56,57)21(35,26(46,47)48)69-28(52,53)18(2,32)23(37,38)39/h3-7H,1,8-11H2,2H3. The lowest BCUT2D eigenvalue weighted by Crippen LogP contribution is -2.72. The smallest absolute Gasteiger partial charge is 0.459 e. The maximum absolute atomic E-state index is 15.0. The van der Waals surface area contributed by atoms with Gasteiger partial charge in [-0.1, -0.05) is 18.7 Å². The summed E-state index contributed by atoms with van der Waals surface area (Å²) in [4.78, 5) is 47.6. The van der Waals surface area contributed by atoms with Crippen LogP contribution in [0.15, 0.2) is 36.9 Å². The van der Waals surface area contributed by atoms with Gasteiger partial charge in [0.15, 0.2) is 0 Å². The van der Waals surface area contributed by atoms with Crippen LogP contribution in [-0.4, -0.2) is 135 Å². The van der Waals surface area contributed by atoms with E-state index < -0.39 is 153 Å². The van der Waals surface area contributed by atoms with Crippen molar-refractivity contribution in [3.8, 4) is 0 Å². The molecule has 71 heavy (non-hydrogen) atoms. The summed E-state index contributed by atoms with van der Waals surface area (Å²) >= 11 is 0. The second-order valence-corrected chi connectivity index (χ2v) is 12.7. The topological polar surface area (TPSA) is 142 Å². The molecule has 0 amide bonds. The summed E-state index contributed by atoms with van der Waals surface area (Å²) in [5.74, 6) is -43.3. The Bertz CT molecular complexity index is 2080. The Labute approximate surface area is 370 Å². The van der Waals surface area contributed by atoms with Crippen LogP contribution in [-0.2, 0) is 47.5 Å². The van der Waals surface area contributed by atoms with Gasteiger partial charge < -0.3 is 18.9 Å². The van der Waals surface area contributed by atoms with Gasteiger partial charge in [0.2, 0.25) is 0 Å². The Morgan fingerprint density at radius 1 is 0.423 bits per heavy atom. The first kappa shape index (κ1) is 63.7. The molecular formula is C31H18F28O12. The van der Waals surface area contributed by atoms with Crippen LogP contribution in [0.25, 0.3) is 0 Å². The van der Waals surface area contributed by atoms with Crippen molar-refractivity contribution in [3.05, 3.63) is 48.0 Å². The quantitative estimate of drug-likeness (QED) is 0.0359. The van der Waals surface area contributed by atoms with Crippen molar-refractivity contribution in [1.82, 2.24) is 0 Å². The predicted octanol–water partition coefficient (Wildman–Crippen LogP) is 9.91. The highest BCUT2D eigenvalue weighted by molar-refractivity contribution is 6.03. The maximum Gasteiger partial charge on any atom is 0.460 e. The Morgan fingerprint density at radius 2 is 0.718 bits per heavy atom. The molecule has 0 saturated carbocycles. The molecule has 0 heterocycles. The van der Waals surface area contributed by atoms with Gasteiger partial charge in [0.1, 0.15) is 26.4 Å². The van der Waals surface area contributed by atoms with Gasteiger partial charge in [0.05, 0.1) is 11.1 Å². The van der Waals surface area contributed by atoms with Gasteiger partial charge in [-0.15, -0.1) is 0 Å². The van der Waals surface area contributed by atoms with Crippen molar-refractivity contribution in [2.45, 2.75) is 91.3 Å². The summed E-state index contributed by atoms with van der Waals surface area (Å²) < 4.78 is 409. The van der Waals surface area contributed by atoms with E-state index in [1.54, 1.807) is 4.74 Å². The minimum Gasteiger partial charge on any atom is -0.459 e. The first-order valence-electron chi connectivity index (χ1n) is 16.7. The van der Waals surface area contributed by atoms with Gasteiger partial charge in [0.25, 0.3) is 5.67 Å². The van der Waals surface area contributed by atoms with Crippen molar-refractivity contribution in [2.75, 3.05) is 26.4 Å². The van der Waals surface area contributed by atoms with E-state index in [0.29, 0.717) is 12.1 Å². The Morgan fingerprint density at radius 3 is 1.01 bits per heavy atom. The van der Waals surface area contributed by atoms with Gasteiger partial charge in [-0.25, -0.2) is 23.6 Å². The molecule has 0 bridgehead atoms. The number of rotatable bonds is 22. The summed E-state index contributed by atoms with van der Waals surface area (Å²) in [7, 11) is 0. The number of hydrogen-bond acceptors (Lipinski definition) is 12. The fraction of sp³-hybridized carbons (Fsp3) is 0.613. The number of alkyl halides is 28. The minimum absolute atomic E-state index is 0.626. The van der Waals surface area contributed by atoms with Crippen molar-refractivity contribution in [2.24, 2.45) is 0 Å². The number of carbonyl (C=O) groups excluding carboxylic acids is 4. The molecule has 5 atom stereocenters.